The minimum atomic E-state index is -0.536. The number of carbonyl (C=O) groups is 1. The number of carbonyl (C=O) groups excluding carboxylic acids is 1. The summed E-state index contributed by atoms with van der Waals surface area (Å²) in [7, 11) is 0. The molecule has 0 aliphatic carbocycles. The third kappa shape index (κ3) is 4.45. The number of hydrogen-bond donors (Lipinski definition) is 2. The normalized spacial score (nSPS) is 11.6. The van der Waals surface area contributed by atoms with E-state index in [0.717, 1.165) is 5.56 Å². The lowest BCUT2D eigenvalue weighted by atomic mass is 10.1. The first kappa shape index (κ1) is 17.7. The van der Waals surface area contributed by atoms with Gasteiger partial charge in [-0.3, -0.25) is 14.9 Å². The highest BCUT2D eigenvalue weighted by molar-refractivity contribution is 6.33. The fourth-order valence-electron chi connectivity index (χ4n) is 2.23. The van der Waals surface area contributed by atoms with Crippen LogP contribution in [-0.4, -0.2) is 16.9 Å². The third-order valence-electron chi connectivity index (χ3n) is 3.55. The van der Waals surface area contributed by atoms with Crippen LogP contribution in [0, 0.1) is 17.0 Å². The highest BCUT2D eigenvalue weighted by atomic mass is 35.5. The summed E-state index contributed by atoms with van der Waals surface area (Å²) in [6, 6.07) is 11.7. The first-order valence-corrected chi connectivity index (χ1v) is 7.79. The second-order valence-corrected chi connectivity index (χ2v) is 5.85. The molecule has 0 radical (unpaired) electrons. The van der Waals surface area contributed by atoms with E-state index >= 15 is 0 Å². The predicted octanol–water partition coefficient (Wildman–Crippen LogP) is 3.67. The van der Waals surface area contributed by atoms with Crippen molar-refractivity contribution in [1.82, 2.24) is 5.32 Å². The van der Waals surface area contributed by atoms with Gasteiger partial charge in [-0.1, -0.05) is 41.9 Å². The molecule has 1 unspecified atom stereocenters. The quantitative estimate of drug-likeness (QED) is 0.616. The van der Waals surface area contributed by atoms with Gasteiger partial charge in [0, 0.05) is 18.7 Å². The van der Waals surface area contributed by atoms with Crippen LogP contribution in [0.2, 0.25) is 5.02 Å². The van der Waals surface area contributed by atoms with Crippen LogP contribution in [0.5, 0.6) is 0 Å². The maximum absolute atomic E-state index is 12.2. The maximum Gasteiger partial charge on any atom is 0.271 e. The topological polar surface area (TPSA) is 84.3 Å². The first-order valence-electron chi connectivity index (χ1n) is 7.41. The number of nitrogens with one attached hydrogen (secondary N) is 2. The largest absolute Gasteiger partial charge is 0.372 e. The van der Waals surface area contributed by atoms with Crippen molar-refractivity contribution in [1.29, 1.82) is 0 Å². The Kier molecular flexibility index (Phi) is 5.76. The molecule has 7 heteroatoms. The molecule has 1 amide bonds. The molecule has 1 atom stereocenters. The Labute approximate surface area is 145 Å². The predicted molar refractivity (Wildman–Crippen MR) is 94.2 cm³/mol. The van der Waals surface area contributed by atoms with Crippen molar-refractivity contribution in [2.45, 2.75) is 26.4 Å². The average molecular weight is 348 g/mol. The third-order valence-corrected chi connectivity index (χ3v) is 3.84. The van der Waals surface area contributed by atoms with Gasteiger partial charge in [-0.05, 0) is 25.0 Å². The molecule has 0 aliphatic heterocycles. The van der Waals surface area contributed by atoms with E-state index in [1.807, 2.05) is 30.3 Å². The van der Waals surface area contributed by atoms with Crippen molar-refractivity contribution >= 4 is 28.9 Å². The van der Waals surface area contributed by atoms with Gasteiger partial charge in [-0.15, -0.1) is 0 Å². The van der Waals surface area contributed by atoms with Crippen molar-refractivity contribution in [2.24, 2.45) is 0 Å². The maximum atomic E-state index is 12.2. The van der Waals surface area contributed by atoms with Gasteiger partial charge in [0.25, 0.3) is 5.69 Å². The Hall–Kier alpha value is -2.60. The SMILES string of the molecule is Cc1cc([N+](=O)[O-])cc(Cl)c1NC(C)C(=O)NCc1ccccc1. The number of nitro benzene ring substituents is 1. The summed E-state index contributed by atoms with van der Waals surface area (Å²) in [4.78, 5) is 22.5. The number of nitro groups is 1. The monoisotopic (exact) mass is 347 g/mol. The molecule has 0 bridgehead atoms. The van der Waals surface area contributed by atoms with Crippen molar-refractivity contribution in [3.63, 3.8) is 0 Å². The van der Waals surface area contributed by atoms with Crippen molar-refractivity contribution in [3.8, 4) is 0 Å². The van der Waals surface area contributed by atoms with E-state index in [-0.39, 0.29) is 16.6 Å². The molecule has 0 fully saturated rings. The average Bonchev–Trinajstić information content (AvgIpc) is 2.56. The minimum Gasteiger partial charge on any atom is -0.372 e. The van der Waals surface area contributed by atoms with Gasteiger partial charge in [0.1, 0.15) is 6.04 Å². The van der Waals surface area contributed by atoms with Crippen LogP contribution >= 0.6 is 11.6 Å². The summed E-state index contributed by atoms with van der Waals surface area (Å²) < 4.78 is 0. The van der Waals surface area contributed by atoms with Gasteiger partial charge < -0.3 is 10.6 Å². The number of amides is 1. The zero-order valence-corrected chi connectivity index (χ0v) is 14.1. The highest BCUT2D eigenvalue weighted by Crippen LogP contribution is 2.31. The van der Waals surface area contributed by atoms with E-state index in [0.29, 0.717) is 17.8 Å². The number of anilines is 1. The molecule has 0 spiro atoms. The van der Waals surface area contributed by atoms with Gasteiger partial charge >= 0.3 is 0 Å². The van der Waals surface area contributed by atoms with E-state index < -0.39 is 11.0 Å². The Morgan fingerprint density at radius 3 is 2.54 bits per heavy atom. The van der Waals surface area contributed by atoms with Crippen LogP contribution in [0.4, 0.5) is 11.4 Å². The van der Waals surface area contributed by atoms with Crippen molar-refractivity contribution < 1.29 is 9.72 Å². The summed E-state index contributed by atoms with van der Waals surface area (Å²) in [6.45, 7) is 3.84. The molecular weight excluding hydrogens is 330 g/mol. The lowest BCUT2D eigenvalue weighted by molar-refractivity contribution is -0.384. The van der Waals surface area contributed by atoms with E-state index in [2.05, 4.69) is 10.6 Å². The smallest absolute Gasteiger partial charge is 0.271 e. The van der Waals surface area contributed by atoms with Crippen LogP contribution < -0.4 is 10.6 Å². The molecule has 0 aromatic heterocycles. The van der Waals surface area contributed by atoms with Crippen LogP contribution in [0.15, 0.2) is 42.5 Å². The summed E-state index contributed by atoms with van der Waals surface area (Å²) in [5.74, 6) is -0.187. The van der Waals surface area contributed by atoms with E-state index in [4.69, 9.17) is 11.6 Å². The van der Waals surface area contributed by atoms with Crippen LogP contribution in [0.25, 0.3) is 0 Å². The fourth-order valence-corrected chi connectivity index (χ4v) is 2.55. The number of rotatable bonds is 6. The molecule has 2 aromatic rings. The number of non-ortho nitro benzene ring substituents is 1. The van der Waals surface area contributed by atoms with E-state index in [1.165, 1.54) is 12.1 Å². The van der Waals surface area contributed by atoms with Crippen LogP contribution in [-0.2, 0) is 11.3 Å². The Balaban J connectivity index is 2.02. The second-order valence-electron chi connectivity index (χ2n) is 5.45. The molecule has 24 heavy (non-hydrogen) atoms. The Morgan fingerprint density at radius 1 is 1.29 bits per heavy atom. The number of aryl methyl sites for hydroxylation is 1. The van der Waals surface area contributed by atoms with Gasteiger partial charge in [-0.25, -0.2) is 0 Å². The lowest BCUT2D eigenvalue weighted by Crippen LogP contribution is -2.37. The standard InChI is InChI=1S/C17H18ClN3O3/c1-11-8-14(21(23)24)9-15(18)16(11)20-12(2)17(22)19-10-13-6-4-3-5-7-13/h3-9,12,20H,10H2,1-2H3,(H,19,22). The number of nitrogens with zero attached hydrogens (tertiary/aromatic N) is 1. The van der Waals surface area contributed by atoms with Gasteiger partial charge in [0.05, 0.1) is 15.6 Å². The summed E-state index contributed by atoms with van der Waals surface area (Å²) in [5.41, 5.74) is 2.05. The molecule has 6 nitrogen and oxygen atoms in total. The van der Waals surface area contributed by atoms with Gasteiger partial charge in [0.2, 0.25) is 5.91 Å². The van der Waals surface area contributed by atoms with E-state index in [9.17, 15) is 14.9 Å². The molecule has 0 saturated heterocycles. The van der Waals surface area contributed by atoms with Gasteiger partial charge in [-0.2, -0.15) is 0 Å². The molecule has 0 aliphatic rings. The van der Waals surface area contributed by atoms with E-state index in [1.54, 1.807) is 13.8 Å². The molecule has 2 aromatic carbocycles. The van der Waals surface area contributed by atoms with Gasteiger partial charge in [0.15, 0.2) is 0 Å². The van der Waals surface area contributed by atoms with Crippen LogP contribution in [0.3, 0.4) is 0 Å². The Morgan fingerprint density at radius 2 is 1.96 bits per heavy atom. The molecule has 0 saturated carbocycles. The number of benzene rings is 2. The fraction of sp³-hybridized carbons (Fsp3) is 0.235. The molecule has 126 valence electrons. The molecule has 2 N–H and O–H groups in total. The van der Waals surface area contributed by atoms with Crippen LogP contribution in [0.1, 0.15) is 18.1 Å². The zero-order valence-electron chi connectivity index (χ0n) is 13.4. The highest BCUT2D eigenvalue weighted by Gasteiger charge is 2.18. The minimum absolute atomic E-state index is 0.0794. The second kappa shape index (κ2) is 7.79. The Bertz CT molecular complexity index is 727. The van der Waals surface area contributed by atoms with Crippen molar-refractivity contribution in [2.75, 3.05) is 5.32 Å². The molecule has 2 rings (SSSR count). The summed E-state index contributed by atoms with van der Waals surface area (Å²) in [5, 5.41) is 16.9. The molecule has 0 heterocycles. The first-order chi connectivity index (χ1) is 11.4. The molecular formula is C17H18ClN3O3. The van der Waals surface area contributed by atoms with Crippen molar-refractivity contribution in [3.05, 3.63) is 68.7 Å². The summed E-state index contributed by atoms with van der Waals surface area (Å²) >= 11 is 6.10. The zero-order chi connectivity index (χ0) is 17.7. The lowest BCUT2D eigenvalue weighted by Gasteiger charge is -2.18. The number of halogens is 1. The number of hydrogen-bond acceptors (Lipinski definition) is 4. The summed E-state index contributed by atoms with van der Waals surface area (Å²) in [6.07, 6.45) is 0.